The van der Waals surface area contributed by atoms with E-state index < -0.39 is 17.7 Å². The number of nitrogens with one attached hydrogen (secondary N) is 3. The SMILES string of the molecule is NCC1CC(N[C@H]2CC[C@H](Nc3ncc(C(F)(F)F)c(-c4c[nH]c5cc(C(=O)O)ccc45)n3)C2)C1. The number of halogens is 3. The number of aromatic carboxylic acids is 1. The molecule has 2 aromatic heterocycles. The minimum absolute atomic E-state index is 0.0387. The number of fused-ring (bicyclic) bond motifs is 1. The molecule has 0 amide bonds. The molecule has 0 saturated heterocycles. The van der Waals surface area contributed by atoms with Crippen LogP contribution in [0.2, 0.25) is 0 Å². The number of carboxylic acids is 1. The average Bonchev–Trinajstić information content (AvgIpc) is 3.41. The van der Waals surface area contributed by atoms with Gasteiger partial charge in [-0.15, -0.1) is 0 Å². The first-order valence-corrected chi connectivity index (χ1v) is 11.7. The molecule has 2 heterocycles. The first kappa shape index (κ1) is 23.6. The van der Waals surface area contributed by atoms with Crippen molar-refractivity contribution in [2.45, 2.75) is 56.4 Å². The molecule has 0 bridgehead atoms. The van der Waals surface area contributed by atoms with Crippen LogP contribution in [0.5, 0.6) is 0 Å². The van der Waals surface area contributed by atoms with E-state index in [1.54, 1.807) is 0 Å². The average molecular weight is 489 g/mol. The Balaban J connectivity index is 1.37. The van der Waals surface area contributed by atoms with Gasteiger partial charge in [0.1, 0.15) is 5.56 Å². The number of H-pyrrole nitrogens is 1. The molecule has 0 radical (unpaired) electrons. The Labute approximate surface area is 199 Å². The summed E-state index contributed by atoms with van der Waals surface area (Å²) in [6, 6.07) is 5.14. The van der Waals surface area contributed by atoms with Crippen molar-refractivity contribution in [3.8, 4) is 11.3 Å². The van der Waals surface area contributed by atoms with E-state index in [0.717, 1.165) is 44.8 Å². The van der Waals surface area contributed by atoms with E-state index in [0.29, 0.717) is 28.9 Å². The van der Waals surface area contributed by atoms with Crippen LogP contribution in [-0.4, -0.2) is 50.7 Å². The number of nitrogens with two attached hydrogens (primary N) is 1. The van der Waals surface area contributed by atoms with Crippen molar-refractivity contribution in [2.75, 3.05) is 11.9 Å². The lowest BCUT2D eigenvalue weighted by molar-refractivity contribution is -0.137. The first-order chi connectivity index (χ1) is 16.7. The second-order valence-electron chi connectivity index (χ2n) is 9.51. The maximum absolute atomic E-state index is 13.8. The van der Waals surface area contributed by atoms with Gasteiger partial charge < -0.3 is 26.5 Å². The van der Waals surface area contributed by atoms with Crippen LogP contribution in [-0.2, 0) is 6.18 Å². The molecule has 1 aromatic carbocycles. The van der Waals surface area contributed by atoms with E-state index in [1.807, 2.05) is 0 Å². The van der Waals surface area contributed by atoms with E-state index in [4.69, 9.17) is 5.73 Å². The molecule has 6 N–H and O–H groups in total. The number of aromatic nitrogens is 3. The van der Waals surface area contributed by atoms with Crippen LogP contribution in [0.15, 0.2) is 30.6 Å². The summed E-state index contributed by atoms with van der Waals surface area (Å²) >= 11 is 0. The summed E-state index contributed by atoms with van der Waals surface area (Å²) < 4.78 is 41.4. The number of aromatic amines is 1. The highest BCUT2D eigenvalue weighted by atomic mass is 19.4. The van der Waals surface area contributed by atoms with E-state index >= 15 is 0 Å². The highest BCUT2D eigenvalue weighted by Gasteiger charge is 2.37. The van der Waals surface area contributed by atoms with E-state index in [2.05, 4.69) is 25.6 Å². The van der Waals surface area contributed by atoms with Crippen molar-refractivity contribution in [1.29, 1.82) is 0 Å². The van der Waals surface area contributed by atoms with E-state index in [1.165, 1.54) is 24.4 Å². The quantitative estimate of drug-likeness (QED) is 0.340. The zero-order valence-corrected chi connectivity index (χ0v) is 18.9. The molecule has 0 spiro atoms. The largest absolute Gasteiger partial charge is 0.478 e. The van der Waals surface area contributed by atoms with Gasteiger partial charge in [0.15, 0.2) is 0 Å². The fraction of sp³-hybridized carbons (Fsp3) is 0.458. The van der Waals surface area contributed by atoms with Crippen LogP contribution in [0.4, 0.5) is 19.1 Å². The zero-order chi connectivity index (χ0) is 24.7. The molecule has 2 atom stereocenters. The second kappa shape index (κ2) is 9.12. The molecular formula is C24H27F3N6O2. The van der Waals surface area contributed by atoms with Crippen LogP contribution in [0.1, 0.15) is 48.0 Å². The van der Waals surface area contributed by atoms with Gasteiger partial charge in [-0.25, -0.2) is 14.8 Å². The Bertz CT molecular complexity index is 1240. The maximum Gasteiger partial charge on any atom is 0.419 e. The number of carbonyl (C=O) groups is 1. The third-order valence-electron chi connectivity index (χ3n) is 7.08. The second-order valence-corrected chi connectivity index (χ2v) is 9.51. The molecule has 3 aromatic rings. The normalized spacial score (nSPS) is 24.5. The van der Waals surface area contributed by atoms with Crippen LogP contribution in [0.25, 0.3) is 22.2 Å². The Morgan fingerprint density at radius 3 is 2.66 bits per heavy atom. The Morgan fingerprint density at radius 2 is 1.94 bits per heavy atom. The summed E-state index contributed by atoms with van der Waals surface area (Å²) in [5.41, 5.74) is 5.19. The predicted octanol–water partition coefficient (Wildman–Crippen LogP) is 4.00. The zero-order valence-electron chi connectivity index (χ0n) is 18.9. The van der Waals surface area contributed by atoms with Crippen LogP contribution >= 0.6 is 0 Å². The summed E-state index contributed by atoms with van der Waals surface area (Å²) in [4.78, 5) is 22.4. The highest BCUT2D eigenvalue weighted by Crippen LogP contribution is 2.39. The number of hydrogen-bond donors (Lipinski definition) is 5. The van der Waals surface area contributed by atoms with Gasteiger partial charge >= 0.3 is 12.1 Å². The van der Waals surface area contributed by atoms with Gasteiger partial charge in [-0.1, -0.05) is 6.07 Å². The third-order valence-corrected chi connectivity index (χ3v) is 7.08. The Hall–Kier alpha value is -3.18. The van der Waals surface area contributed by atoms with Crippen LogP contribution in [0.3, 0.4) is 0 Å². The summed E-state index contributed by atoms with van der Waals surface area (Å²) in [5, 5.41) is 16.5. The lowest BCUT2D eigenvalue weighted by atomic mass is 9.80. The minimum atomic E-state index is -4.65. The molecule has 2 saturated carbocycles. The van der Waals surface area contributed by atoms with E-state index in [-0.39, 0.29) is 28.8 Å². The molecule has 2 fully saturated rings. The van der Waals surface area contributed by atoms with E-state index in [9.17, 15) is 23.1 Å². The molecule has 0 aliphatic heterocycles. The standard InChI is InChI=1S/C24H27F3N6O2/c25-24(26,27)19-11-30-23(32-15-3-2-14(8-15)31-16-5-12(6-16)9-28)33-21(19)18-10-29-20-7-13(22(34)35)1-4-17(18)20/h1,4,7,10-12,14-16,29,31H,2-3,5-6,8-9,28H2,(H,34,35)(H,30,32,33)/t12?,14-,15-,16?/m0/s1. The molecule has 5 rings (SSSR count). The summed E-state index contributed by atoms with van der Waals surface area (Å²) in [5.74, 6) is -0.377. The molecular weight excluding hydrogens is 461 g/mol. The predicted molar refractivity (Wildman–Crippen MR) is 125 cm³/mol. The highest BCUT2D eigenvalue weighted by molar-refractivity contribution is 5.99. The number of carboxylic acid groups (broad SMARTS) is 1. The number of alkyl halides is 3. The lowest BCUT2D eigenvalue weighted by Crippen LogP contribution is -2.47. The number of rotatable bonds is 7. The number of hydrogen-bond acceptors (Lipinski definition) is 6. The molecule has 186 valence electrons. The smallest absolute Gasteiger partial charge is 0.419 e. The van der Waals surface area contributed by atoms with Crippen LogP contribution < -0.4 is 16.4 Å². The van der Waals surface area contributed by atoms with Gasteiger partial charge in [0.2, 0.25) is 5.95 Å². The molecule has 2 aliphatic carbocycles. The van der Waals surface area contributed by atoms with Crippen molar-refractivity contribution in [3.05, 3.63) is 41.7 Å². The molecule has 0 unspecified atom stereocenters. The van der Waals surface area contributed by atoms with Gasteiger partial charge in [-0.3, -0.25) is 0 Å². The Morgan fingerprint density at radius 1 is 1.17 bits per heavy atom. The molecule has 2 aliphatic rings. The van der Waals surface area contributed by atoms with Crippen molar-refractivity contribution in [3.63, 3.8) is 0 Å². The summed E-state index contributed by atoms with van der Waals surface area (Å²) in [6.45, 7) is 0.720. The summed E-state index contributed by atoms with van der Waals surface area (Å²) in [7, 11) is 0. The Kier molecular flexibility index (Phi) is 6.14. The minimum Gasteiger partial charge on any atom is -0.478 e. The molecule has 11 heteroatoms. The van der Waals surface area contributed by atoms with Gasteiger partial charge in [0.25, 0.3) is 0 Å². The number of benzene rings is 1. The lowest BCUT2D eigenvalue weighted by Gasteiger charge is -2.37. The van der Waals surface area contributed by atoms with Crippen molar-refractivity contribution in [2.24, 2.45) is 11.7 Å². The summed E-state index contributed by atoms with van der Waals surface area (Å²) in [6.07, 6.45) is 2.45. The van der Waals surface area contributed by atoms with Gasteiger partial charge in [-0.2, -0.15) is 13.2 Å². The van der Waals surface area contributed by atoms with Crippen LogP contribution in [0, 0.1) is 5.92 Å². The van der Waals surface area contributed by atoms with Gasteiger partial charge in [-0.05, 0) is 56.7 Å². The molecule has 35 heavy (non-hydrogen) atoms. The van der Waals surface area contributed by atoms with Gasteiger partial charge in [0.05, 0.1) is 11.3 Å². The monoisotopic (exact) mass is 488 g/mol. The first-order valence-electron chi connectivity index (χ1n) is 11.7. The maximum atomic E-state index is 13.8. The topological polar surface area (TPSA) is 129 Å². The third kappa shape index (κ3) is 4.83. The van der Waals surface area contributed by atoms with Crippen molar-refractivity contribution < 1.29 is 23.1 Å². The fourth-order valence-corrected chi connectivity index (χ4v) is 5.16. The number of nitrogens with zero attached hydrogens (tertiary/aromatic N) is 2. The number of anilines is 1. The van der Waals surface area contributed by atoms with Crippen molar-refractivity contribution in [1.82, 2.24) is 20.3 Å². The molecule has 8 nitrogen and oxygen atoms in total. The fourth-order valence-electron chi connectivity index (χ4n) is 5.16. The van der Waals surface area contributed by atoms with Gasteiger partial charge in [0, 0.05) is 47.0 Å². The van der Waals surface area contributed by atoms with Crippen molar-refractivity contribution >= 4 is 22.8 Å².